The van der Waals surface area contributed by atoms with Crippen LogP contribution in [0.5, 0.6) is 0 Å². The van der Waals surface area contributed by atoms with Crippen molar-refractivity contribution in [2.75, 3.05) is 13.2 Å². The van der Waals surface area contributed by atoms with Crippen LogP contribution >= 0.6 is 0 Å². The van der Waals surface area contributed by atoms with Crippen LogP contribution in [0.2, 0.25) is 0 Å². The minimum atomic E-state index is -0.844. The normalized spacial score (nSPS) is 13.0. The van der Waals surface area contributed by atoms with E-state index in [1.807, 2.05) is 6.08 Å². The number of carbonyl (C=O) groups excluding carboxylic acids is 2. The number of esters is 1. The number of rotatable bonds is 59. The van der Waals surface area contributed by atoms with Gasteiger partial charge in [-0.05, 0) is 96.3 Å². The van der Waals surface area contributed by atoms with Crippen molar-refractivity contribution < 1.29 is 24.5 Å². The minimum absolute atomic E-state index is 0.00239. The van der Waals surface area contributed by atoms with Crippen LogP contribution < -0.4 is 5.32 Å². The second-order valence-electron chi connectivity index (χ2n) is 21.7. The van der Waals surface area contributed by atoms with Gasteiger partial charge in [0.1, 0.15) is 0 Å². The molecule has 6 heteroatoms. The van der Waals surface area contributed by atoms with E-state index in [0.29, 0.717) is 19.4 Å². The molecule has 0 saturated carbocycles. The van der Waals surface area contributed by atoms with Gasteiger partial charge in [-0.1, -0.05) is 280 Å². The molecule has 0 aliphatic carbocycles. The number of hydrogen-bond acceptors (Lipinski definition) is 5. The maximum atomic E-state index is 12.4. The lowest BCUT2D eigenvalue weighted by molar-refractivity contribution is -0.143. The Morgan fingerprint density at radius 3 is 1.05 bits per heavy atom. The molecular formula is C67H123NO5. The summed E-state index contributed by atoms with van der Waals surface area (Å²) < 4.78 is 5.48. The van der Waals surface area contributed by atoms with Crippen molar-refractivity contribution in [3.05, 3.63) is 60.8 Å². The molecule has 0 aliphatic heterocycles. The Balaban J connectivity index is 3.42. The van der Waals surface area contributed by atoms with Crippen molar-refractivity contribution in [2.24, 2.45) is 0 Å². The van der Waals surface area contributed by atoms with Gasteiger partial charge in [-0.2, -0.15) is 0 Å². The number of aliphatic hydroxyl groups is 2. The van der Waals surface area contributed by atoms with E-state index in [2.05, 4.69) is 67.8 Å². The highest BCUT2D eigenvalue weighted by Crippen LogP contribution is 2.16. The fourth-order valence-electron chi connectivity index (χ4n) is 9.58. The molecule has 0 heterocycles. The van der Waals surface area contributed by atoms with E-state index in [9.17, 15) is 19.8 Å². The summed E-state index contributed by atoms with van der Waals surface area (Å²) in [5.74, 6) is -0.0729. The van der Waals surface area contributed by atoms with E-state index in [1.54, 1.807) is 6.08 Å². The molecule has 0 aromatic carbocycles. The number of aliphatic hydroxyl groups excluding tert-OH is 2. The molecule has 2 atom stereocenters. The van der Waals surface area contributed by atoms with Crippen molar-refractivity contribution in [1.29, 1.82) is 0 Å². The van der Waals surface area contributed by atoms with Gasteiger partial charge in [0.25, 0.3) is 0 Å². The summed E-state index contributed by atoms with van der Waals surface area (Å²) in [5.41, 5.74) is 0. The first-order chi connectivity index (χ1) is 36.0. The van der Waals surface area contributed by atoms with E-state index in [-0.39, 0.29) is 18.5 Å². The van der Waals surface area contributed by atoms with Crippen molar-refractivity contribution in [3.63, 3.8) is 0 Å². The van der Waals surface area contributed by atoms with Crippen molar-refractivity contribution in [3.8, 4) is 0 Å². The molecule has 0 aromatic heterocycles. The molecule has 73 heavy (non-hydrogen) atoms. The van der Waals surface area contributed by atoms with E-state index >= 15 is 0 Å². The predicted octanol–water partition coefficient (Wildman–Crippen LogP) is 20.3. The maximum absolute atomic E-state index is 12.4. The lowest BCUT2D eigenvalue weighted by atomic mass is 10.0. The van der Waals surface area contributed by atoms with Gasteiger partial charge in [-0.3, -0.25) is 9.59 Å². The molecule has 0 fully saturated rings. The first-order valence-electron chi connectivity index (χ1n) is 32.1. The first-order valence-corrected chi connectivity index (χ1v) is 32.1. The molecule has 6 nitrogen and oxygen atoms in total. The molecule has 0 saturated heterocycles. The van der Waals surface area contributed by atoms with Crippen LogP contribution in [-0.2, 0) is 14.3 Å². The molecule has 0 radical (unpaired) electrons. The Hall–Kier alpha value is -2.44. The standard InChI is InChI=1S/C67H123NO5/c1-3-5-7-9-11-13-15-16-17-34-37-41-45-49-53-57-61-67(72)73-62-58-54-50-46-42-38-35-32-30-28-26-24-22-20-18-19-21-23-25-27-29-31-33-36-40-44-48-52-56-60-66(71)68-64(63-69)65(70)59-55-51-47-43-39-14-12-10-8-6-4-2/h13,15,17-18,20,24,26,34,55,59,64-65,69-70H,3-12,14,16,19,21-23,25,27-33,35-54,56-58,60-63H2,1-2H3,(H,68,71)/b15-13-,20-18-,26-24-,34-17-,59-55+. The molecule has 426 valence electrons. The lowest BCUT2D eigenvalue weighted by Crippen LogP contribution is -2.45. The summed E-state index contributed by atoms with van der Waals surface area (Å²) in [6.07, 6.45) is 81.3. The zero-order chi connectivity index (χ0) is 52.9. The predicted molar refractivity (Wildman–Crippen MR) is 319 cm³/mol. The van der Waals surface area contributed by atoms with Crippen molar-refractivity contribution >= 4 is 11.9 Å². The van der Waals surface area contributed by atoms with Gasteiger partial charge in [0.2, 0.25) is 5.91 Å². The molecule has 3 N–H and O–H groups in total. The Morgan fingerprint density at radius 1 is 0.384 bits per heavy atom. The number of nitrogens with one attached hydrogen (secondary N) is 1. The molecule has 1 amide bonds. The average molecular weight is 1020 g/mol. The Labute approximate surface area is 454 Å². The van der Waals surface area contributed by atoms with E-state index in [1.165, 1.54) is 244 Å². The molecule has 0 spiro atoms. The van der Waals surface area contributed by atoms with E-state index in [4.69, 9.17) is 4.74 Å². The van der Waals surface area contributed by atoms with Crippen molar-refractivity contribution in [1.82, 2.24) is 5.32 Å². The van der Waals surface area contributed by atoms with Crippen LogP contribution in [0.15, 0.2) is 60.8 Å². The van der Waals surface area contributed by atoms with Crippen LogP contribution in [-0.4, -0.2) is 47.4 Å². The quantitative estimate of drug-likeness (QED) is 0.0320. The Morgan fingerprint density at radius 2 is 0.685 bits per heavy atom. The van der Waals surface area contributed by atoms with Crippen LogP contribution in [0.3, 0.4) is 0 Å². The molecule has 0 bridgehead atoms. The molecule has 0 rings (SSSR count). The van der Waals surface area contributed by atoms with Crippen LogP contribution in [0.1, 0.15) is 328 Å². The van der Waals surface area contributed by atoms with Crippen LogP contribution in [0.4, 0.5) is 0 Å². The van der Waals surface area contributed by atoms with Gasteiger partial charge in [0.15, 0.2) is 0 Å². The lowest BCUT2D eigenvalue weighted by Gasteiger charge is -2.20. The zero-order valence-corrected chi connectivity index (χ0v) is 48.6. The third-order valence-corrected chi connectivity index (χ3v) is 14.5. The summed E-state index contributed by atoms with van der Waals surface area (Å²) in [6, 6.07) is -0.628. The highest BCUT2D eigenvalue weighted by molar-refractivity contribution is 5.76. The summed E-state index contributed by atoms with van der Waals surface area (Å²) in [6.45, 7) is 4.87. The van der Waals surface area contributed by atoms with E-state index in [0.717, 1.165) is 57.8 Å². The monoisotopic (exact) mass is 1020 g/mol. The number of amides is 1. The second kappa shape index (κ2) is 62.1. The highest BCUT2D eigenvalue weighted by atomic mass is 16.5. The Bertz CT molecular complexity index is 1270. The van der Waals surface area contributed by atoms with Gasteiger partial charge in [-0.25, -0.2) is 0 Å². The van der Waals surface area contributed by atoms with Gasteiger partial charge >= 0.3 is 5.97 Å². The largest absolute Gasteiger partial charge is 0.466 e. The van der Waals surface area contributed by atoms with Gasteiger partial charge in [-0.15, -0.1) is 0 Å². The number of ether oxygens (including phenoxy) is 1. The zero-order valence-electron chi connectivity index (χ0n) is 48.6. The third kappa shape index (κ3) is 58.7. The molecular weight excluding hydrogens is 899 g/mol. The summed E-state index contributed by atoms with van der Waals surface area (Å²) in [5, 5.41) is 23.0. The van der Waals surface area contributed by atoms with Gasteiger partial charge in [0.05, 0.1) is 25.4 Å². The number of unbranched alkanes of at least 4 members (excludes halogenated alkanes) is 40. The SMILES string of the molecule is CCCCCC/C=C\C/C=C\CCCCCCCC(=O)OCCCCCCCCCCC/C=C\C/C=C\CCCCCCCCCCCCCCCC(=O)NC(CO)C(O)/C=C/CCCCCCCCCCC. The van der Waals surface area contributed by atoms with Crippen LogP contribution in [0.25, 0.3) is 0 Å². The topological polar surface area (TPSA) is 95.9 Å². The summed E-state index contributed by atoms with van der Waals surface area (Å²) >= 11 is 0. The fourth-order valence-corrected chi connectivity index (χ4v) is 9.58. The van der Waals surface area contributed by atoms with Gasteiger partial charge < -0.3 is 20.3 Å². The third-order valence-electron chi connectivity index (χ3n) is 14.5. The average Bonchev–Trinajstić information content (AvgIpc) is 3.39. The van der Waals surface area contributed by atoms with Crippen molar-refractivity contribution in [2.45, 2.75) is 341 Å². The van der Waals surface area contributed by atoms with Gasteiger partial charge in [0, 0.05) is 12.8 Å². The molecule has 0 aliphatic rings. The number of carbonyl (C=O) groups is 2. The smallest absolute Gasteiger partial charge is 0.305 e. The van der Waals surface area contributed by atoms with Crippen LogP contribution in [0, 0.1) is 0 Å². The van der Waals surface area contributed by atoms with E-state index < -0.39 is 12.1 Å². The highest BCUT2D eigenvalue weighted by Gasteiger charge is 2.18. The number of hydrogen-bond donors (Lipinski definition) is 3. The summed E-state index contributed by atoms with van der Waals surface area (Å²) in [7, 11) is 0. The minimum Gasteiger partial charge on any atom is -0.466 e. The number of allylic oxidation sites excluding steroid dienone is 9. The molecule has 0 aromatic rings. The maximum Gasteiger partial charge on any atom is 0.305 e. The summed E-state index contributed by atoms with van der Waals surface area (Å²) in [4.78, 5) is 24.5. The molecule has 2 unspecified atom stereocenters. The Kier molecular flexibility index (Phi) is 60.0. The first kappa shape index (κ1) is 70.6. The fraction of sp³-hybridized carbons (Fsp3) is 0.821. The second-order valence-corrected chi connectivity index (χ2v) is 21.7.